The summed E-state index contributed by atoms with van der Waals surface area (Å²) in [5.41, 5.74) is 1.79. The predicted molar refractivity (Wildman–Crippen MR) is 83.8 cm³/mol. The maximum Gasteiger partial charge on any atom is 0.238 e. The predicted octanol–water partition coefficient (Wildman–Crippen LogP) is 3.79. The summed E-state index contributed by atoms with van der Waals surface area (Å²) in [4.78, 5) is 8.63. The minimum absolute atomic E-state index is 0.384. The molecule has 1 aromatic carbocycles. The molecule has 0 saturated heterocycles. The van der Waals surface area contributed by atoms with E-state index in [2.05, 4.69) is 15.3 Å². The summed E-state index contributed by atoms with van der Waals surface area (Å²) in [6.07, 6.45) is 3.48. The highest BCUT2D eigenvalue weighted by molar-refractivity contribution is 6.31. The molecule has 5 heteroatoms. The lowest BCUT2D eigenvalue weighted by Gasteiger charge is -2.09. The van der Waals surface area contributed by atoms with Crippen LogP contribution < -0.4 is 10.1 Å². The van der Waals surface area contributed by atoms with Crippen LogP contribution in [0.4, 0.5) is 0 Å². The van der Waals surface area contributed by atoms with Crippen molar-refractivity contribution in [2.75, 3.05) is 7.05 Å². The molecule has 0 fully saturated rings. The first-order valence-electron chi connectivity index (χ1n) is 6.58. The smallest absolute Gasteiger partial charge is 0.238 e. The number of nitrogens with one attached hydrogen (secondary N) is 1. The second-order valence-corrected chi connectivity index (χ2v) is 5.00. The minimum Gasteiger partial charge on any atom is -0.435 e. The molecule has 0 aliphatic heterocycles. The van der Waals surface area contributed by atoms with Gasteiger partial charge in [-0.15, -0.1) is 0 Å². The summed E-state index contributed by atoms with van der Waals surface area (Å²) in [6, 6.07) is 11.5. The number of fused-ring (bicyclic) bond motifs is 1. The number of para-hydroxylation sites is 1. The molecule has 0 unspecified atom stereocenters. The first kappa shape index (κ1) is 13.8. The zero-order valence-corrected chi connectivity index (χ0v) is 12.3. The summed E-state index contributed by atoms with van der Waals surface area (Å²) in [6.45, 7) is 0.711. The number of pyridine rings is 2. The van der Waals surface area contributed by atoms with Gasteiger partial charge in [-0.25, -0.2) is 4.98 Å². The van der Waals surface area contributed by atoms with Crippen LogP contribution in [0.25, 0.3) is 10.9 Å². The fraction of sp³-hybridized carbons (Fsp3) is 0.125. The van der Waals surface area contributed by atoms with E-state index in [4.69, 9.17) is 16.3 Å². The number of benzene rings is 1. The summed E-state index contributed by atoms with van der Waals surface area (Å²) in [5, 5.41) is 4.55. The van der Waals surface area contributed by atoms with Crippen molar-refractivity contribution in [2.45, 2.75) is 6.54 Å². The van der Waals surface area contributed by atoms with Gasteiger partial charge in [-0.05, 0) is 30.8 Å². The Morgan fingerprint density at radius 1 is 1.19 bits per heavy atom. The van der Waals surface area contributed by atoms with Gasteiger partial charge < -0.3 is 10.1 Å². The van der Waals surface area contributed by atoms with Gasteiger partial charge in [0.15, 0.2) is 5.75 Å². The molecule has 3 aromatic rings. The number of hydrogen-bond acceptors (Lipinski definition) is 4. The molecule has 1 N–H and O–H groups in total. The highest BCUT2D eigenvalue weighted by Crippen LogP contribution is 2.31. The highest BCUT2D eigenvalue weighted by atomic mass is 35.5. The van der Waals surface area contributed by atoms with E-state index in [1.165, 1.54) is 0 Å². The molecule has 0 atom stereocenters. The van der Waals surface area contributed by atoms with E-state index >= 15 is 0 Å². The van der Waals surface area contributed by atoms with Gasteiger partial charge >= 0.3 is 0 Å². The monoisotopic (exact) mass is 299 g/mol. The van der Waals surface area contributed by atoms with Gasteiger partial charge in [0.2, 0.25) is 5.88 Å². The van der Waals surface area contributed by atoms with E-state index in [9.17, 15) is 0 Å². The van der Waals surface area contributed by atoms with Crippen LogP contribution in [0.15, 0.2) is 48.8 Å². The van der Waals surface area contributed by atoms with E-state index < -0.39 is 0 Å². The lowest BCUT2D eigenvalue weighted by atomic mass is 10.2. The molecular formula is C16H14ClN3O. The lowest BCUT2D eigenvalue weighted by molar-refractivity contribution is 0.467. The van der Waals surface area contributed by atoms with Crippen LogP contribution in [0, 0.1) is 0 Å². The van der Waals surface area contributed by atoms with E-state index in [1.807, 2.05) is 43.4 Å². The Balaban J connectivity index is 1.95. The maximum absolute atomic E-state index is 6.23. The fourth-order valence-corrected chi connectivity index (χ4v) is 2.33. The van der Waals surface area contributed by atoms with Crippen LogP contribution >= 0.6 is 11.6 Å². The molecule has 0 radical (unpaired) electrons. The number of ether oxygens (including phenoxy) is 1. The van der Waals surface area contributed by atoms with Crippen molar-refractivity contribution in [3.63, 3.8) is 0 Å². The number of halogens is 1. The molecule has 3 rings (SSSR count). The standard InChI is InChI=1S/C16H14ClN3O/c1-18-9-11-8-13(17)16(20-10-11)21-14-6-2-4-12-5-3-7-19-15(12)14/h2-8,10,18H,9H2,1H3. The Bertz CT molecular complexity index is 771. The van der Waals surface area contributed by atoms with Crippen molar-refractivity contribution in [1.29, 1.82) is 0 Å². The normalized spacial score (nSPS) is 10.8. The van der Waals surface area contributed by atoms with Crippen LogP contribution in [0.1, 0.15) is 5.56 Å². The molecule has 0 aliphatic rings. The van der Waals surface area contributed by atoms with Crippen molar-refractivity contribution in [1.82, 2.24) is 15.3 Å². The summed E-state index contributed by atoms with van der Waals surface area (Å²) >= 11 is 6.23. The Hall–Kier alpha value is -2.17. The third-order valence-corrected chi connectivity index (χ3v) is 3.32. The van der Waals surface area contributed by atoms with Gasteiger partial charge in [-0.1, -0.05) is 29.8 Å². The molecule has 0 amide bonds. The average Bonchev–Trinajstić information content (AvgIpc) is 2.51. The lowest BCUT2D eigenvalue weighted by Crippen LogP contribution is -2.05. The molecule has 0 bridgehead atoms. The van der Waals surface area contributed by atoms with Gasteiger partial charge in [0.25, 0.3) is 0 Å². The fourth-order valence-electron chi connectivity index (χ4n) is 2.10. The van der Waals surface area contributed by atoms with Crippen LogP contribution in [0.2, 0.25) is 5.02 Å². The van der Waals surface area contributed by atoms with Crippen molar-refractivity contribution in [2.24, 2.45) is 0 Å². The van der Waals surface area contributed by atoms with Crippen molar-refractivity contribution in [3.8, 4) is 11.6 Å². The van der Waals surface area contributed by atoms with Crippen LogP contribution in [0.5, 0.6) is 11.6 Å². The molecule has 21 heavy (non-hydrogen) atoms. The third kappa shape index (κ3) is 2.96. The van der Waals surface area contributed by atoms with Crippen molar-refractivity contribution >= 4 is 22.5 Å². The van der Waals surface area contributed by atoms with Gasteiger partial charge in [0.1, 0.15) is 10.5 Å². The first-order chi connectivity index (χ1) is 10.3. The third-order valence-electron chi connectivity index (χ3n) is 3.05. The quantitative estimate of drug-likeness (QED) is 0.796. The van der Waals surface area contributed by atoms with Gasteiger partial charge in [0, 0.05) is 24.3 Å². The Morgan fingerprint density at radius 2 is 2.05 bits per heavy atom. The Morgan fingerprint density at radius 3 is 2.86 bits per heavy atom. The number of aromatic nitrogens is 2. The van der Waals surface area contributed by atoms with Crippen LogP contribution in [-0.4, -0.2) is 17.0 Å². The molecule has 106 valence electrons. The molecule has 0 saturated carbocycles. The second-order valence-electron chi connectivity index (χ2n) is 4.59. The van der Waals surface area contributed by atoms with Crippen LogP contribution in [-0.2, 0) is 6.54 Å². The van der Waals surface area contributed by atoms with E-state index in [0.717, 1.165) is 16.5 Å². The summed E-state index contributed by atoms with van der Waals surface area (Å²) in [5.74, 6) is 1.03. The van der Waals surface area contributed by atoms with Gasteiger partial charge in [-0.2, -0.15) is 0 Å². The molecular weight excluding hydrogens is 286 g/mol. The van der Waals surface area contributed by atoms with Crippen molar-refractivity contribution < 1.29 is 4.74 Å². The van der Waals surface area contributed by atoms with Crippen molar-refractivity contribution in [3.05, 3.63) is 59.4 Å². The number of rotatable bonds is 4. The van der Waals surface area contributed by atoms with Crippen LogP contribution in [0.3, 0.4) is 0 Å². The summed E-state index contributed by atoms with van der Waals surface area (Å²) in [7, 11) is 1.88. The second kappa shape index (κ2) is 6.08. The van der Waals surface area contributed by atoms with E-state index in [0.29, 0.717) is 23.2 Å². The molecule has 4 nitrogen and oxygen atoms in total. The Labute approximate surface area is 127 Å². The SMILES string of the molecule is CNCc1cnc(Oc2cccc3cccnc23)c(Cl)c1. The van der Waals surface area contributed by atoms with Gasteiger partial charge in [-0.3, -0.25) is 4.98 Å². The molecule has 2 aromatic heterocycles. The highest BCUT2D eigenvalue weighted by Gasteiger charge is 2.09. The number of nitrogens with zero attached hydrogens (tertiary/aromatic N) is 2. The van der Waals surface area contributed by atoms with Gasteiger partial charge in [0.05, 0.1) is 0 Å². The molecule has 0 aliphatic carbocycles. The molecule has 0 spiro atoms. The average molecular weight is 300 g/mol. The van der Waals surface area contributed by atoms with E-state index in [1.54, 1.807) is 12.4 Å². The minimum atomic E-state index is 0.384. The first-order valence-corrected chi connectivity index (χ1v) is 6.96. The summed E-state index contributed by atoms with van der Waals surface area (Å²) < 4.78 is 5.83. The zero-order valence-electron chi connectivity index (χ0n) is 11.5. The topological polar surface area (TPSA) is 47.0 Å². The zero-order chi connectivity index (χ0) is 14.7. The molecule has 2 heterocycles. The van der Waals surface area contributed by atoms with E-state index in [-0.39, 0.29) is 0 Å². The number of hydrogen-bond donors (Lipinski definition) is 1. The maximum atomic E-state index is 6.23. The largest absolute Gasteiger partial charge is 0.435 e. The Kier molecular flexibility index (Phi) is 3.99.